The lowest BCUT2D eigenvalue weighted by atomic mass is 10.2. The van der Waals surface area contributed by atoms with Crippen molar-refractivity contribution >= 4 is 0 Å². The molecular formula is C15H22N2O2. The lowest BCUT2D eigenvalue weighted by molar-refractivity contribution is 0.469. The third-order valence-electron chi connectivity index (χ3n) is 2.97. The molecule has 2 aromatic rings. The summed E-state index contributed by atoms with van der Waals surface area (Å²) >= 11 is 0. The monoisotopic (exact) mass is 262 g/mol. The zero-order valence-corrected chi connectivity index (χ0v) is 11.2. The summed E-state index contributed by atoms with van der Waals surface area (Å²) in [6.45, 7) is 3.73. The summed E-state index contributed by atoms with van der Waals surface area (Å²) in [6, 6.07) is 7.82. The molecule has 2 N–H and O–H groups in total. The number of hydrogen-bond acceptors (Lipinski definition) is 4. The minimum atomic E-state index is 0.823. The van der Waals surface area contributed by atoms with Crippen LogP contribution in [0, 0.1) is 0 Å². The van der Waals surface area contributed by atoms with E-state index in [-0.39, 0.29) is 0 Å². The zero-order valence-electron chi connectivity index (χ0n) is 11.2. The van der Waals surface area contributed by atoms with Crippen molar-refractivity contribution in [2.75, 3.05) is 13.1 Å². The second-order valence-corrected chi connectivity index (χ2v) is 4.57. The van der Waals surface area contributed by atoms with Crippen molar-refractivity contribution in [2.45, 2.75) is 32.4 Å². The van der Waals surface area contributed by atoms with E-state index in [4.69, 9.17) is 8.83 Å². The topological polar surface area (TPSA) is 50.3 Å². The maximum absolute atomic E-state index is 5.25. The minimum Gasteiger partial charge on any atom is -0.468 e. The van der Waals surface area contributed by atoms with Gasteiger partial charge in [0, 0.05) is 0 Å². The second kappa shape index (κ2) is 8.56. The Balaban J connectivity index is 1.36. The molecule has 0 saturated carbocycles. The highest BCUT2D eigenvalue weighted by atomic mass is 16.3. The molecule has 0 atom stereocenters. The Morgan fingerprint density at radius 3 is 1.68 bits per heavy atom. The predicted octanol–water partition coefficient (Wildman–Crippen LogP) is 2.92. The molecule has 0 fully saturated rings. The van der Waals surface area contributed by atoms with Crippen LogP contribution in [0.4, 0.5) is 0 Å². The van der Waals surface area contributed by atoms with E-state index in [9.17, 15) is 0 Å². The number of nitrogens with one attached hydrogen (secondary N) is 2. The number of hydrogen-bond donors (Lipinski definition) is 2. The SMILES string of the molecule is c1coc(CNCCCCCNCc2ccco2)c1. The summed E-state index contributed by atoms with van der Waals surface area (Å²) in [6.07, 6.45) is 7.05. The van der Waals surface area contributed by atoms with E-state index < -0.39 is 0 Å². The summed E-state index contributed by atoms with van der Waals surface area (Å²) in [5, 5.41) is 6.74. The third kappa shape index (κ3) is 5.77. The Kier molecular flexibility index (Phi) is 6.26. The quantitative estimate of drug-likeness (QED) is 0.646. The van der Waals surface area contributed by atoms with Crippen LogP contribution >= 0.6 is 0 Å². The van der Waals surface area contributed by atoms with E-state index in [1.807, 2.05) is 24.3 Å². The first-order valence-electron chi connectivity index (χ1n) is 6.91. The standard InChI is InChI=1S/C15H22N2O2/c1(2-8-16-12-14-6-4-10-18-14)3-9-17-13-15-7-5-11-19-15/h4-7,10-11,16-17H,1-3,8-9,12-13H2. The van der Waals surface area contributed by atoms with Crippen LogP contribution in [0.25, 0.3) is 0 Å². The normalized spacial score (nSPS) is 10.9. The van der Waals surface area contributed by atoms with Crippen LogP contribution in [0.15, 0.2) is 45.6 Å². The van der Waals surface area contributed by atoms with Gasteiger partial charge in [-0.15, -0.1) is 0 Å². The highest BCUT2D eigenvalue weighted by Crippen LogP contribution is 2.00. The minimum absolute atomic E-state index is 0.823. The van der Waals surface area contributed by atoms with Crippen molar-refractivity contribution in [3.05, 3.63) is 48.3 Å². The molecule has 2 heterocycles. The highest BCUT2D eigenvalue weighted by Gasteiger charge is 1.96. The van der Waals surface area contributed by atoms with Gasteiger partial charge in [-0.3, -0.25) is 0 Å². The van der Waals surface area contributed by atoms with Gasteiger partial charge in [0.25, 0.3) is 0 Å². The molecule has 0 bridgehead atoms. The highest BCUT2D eigenvalue weighted by molar-refractivity contribution is 4.97. The molecule has 0 radical (unpaired) electrons. The van der Waals surface area contributed by atoms with Gasteiger partial charge in [0.2, 0.25) is 0 Å². The molecule has 0 aromatic carbocycles. The van der Waals surface area contributed by atoms with Crippen molar-refractivity contribution < 1.29 is 8.83 Å². The number of rotatable bonds is 10. The molecule has 4 nitrogen and oxygen atoms in total. The van der Waals surface area contributed by atoms with E-state index in [2.05, 4.69) is 10.6 Å². The number of furan rings is 2. The lowest BCUT2D eigenvalue weighted by Gasteiger charge is -2.04. The van der Waals surface area contributed by atoms with Crippen LogP contribution < -0.4 is 10.6 Å². The molecule has 0 aliphatic carbocycles. The van der Waals surface area contributed by atoms with Crippen molar-refractivity contribution in [3.8, 4) is 0 Å². The fourth-order valence-corrected chi connectivity index (χ4v) is 1.93. The summed E-state index contributed by atoms with van der Waals surface area (Å²) in [7, 11) is 0. The number of unbranched alkanes of at least 4 members (excludes halogenated alkanes) is 2. The second-order valence-electron chi connectivity index (χ2n) is 4.57. The zero-order chi connectivity index (χ0) is 13.2. The van der Waals surface area contributed by atoms with Gasteiger partial charge in [-0.1, -0.05) is 6.42 Å². The first kappa shape index (κ1) is 13.9. The van der Waals surface area contributed by atoms with Gasteiger partial charge in [-0.05, 0) is 50.2 Å². The summed E-state index contributed by atoms with van der Waals surface area (Å²) < 4.78 is 10.5. The Morgan fingerprint density at radius 2 is 1.26 bits per heavy atom. The van der Waals surface area contributed by atoms with Gasteiger partial charge in [0.15, 0.2) is 0 Å². The molecule has 104 valence electrons. The molecule has 0 unspecified atom stereocenters. The molecule has 0 amide bonds. The third-order valence-corrected chi connectivity index (χ3v) is 2.97. The predicted molar refractivity (Wildman–Crippen MR) is 74.7 cm³/mol. The van der Waals surface area contributed by atoms with Crippen LogP contribution in [0.5, 0.6) is 0 Å². The average Bonchev–Trinajstić information content (AvgIpc) is 3.10. The molecule has 0 aliphatic rings. The average molecular weight is 262 g/mol. The fourth-order valence-electron chi connectivity index (χ4n) is 1.93. The summed E-state index contributed by atoms with van der Waals surface area (Å²) in [5.74, 6) is 2.00. The fraction of sp³-hybridized carbons (Fsp3) is 0.467. The molecule has 0 spiro atoms. The van der Waals surface area contributed by atoms with Gasteiger partial charge in [0.1, 0.15) is 11.5 Å². The van der Waals surface area contributed by atoms with Gasteiger partial charge in [0.05, 0.1) is 25.6 Å². The van der Waals surface area contributed by atoms with Crippen molar-refractivity contribution in [3.63, 3.8) is 0 Å². The molecule has 2 rings (SSSR count). The lowest BCUT2D eigenvalue weighted by Crippen LogP contribution is -2.16. The van der Waals surface area contributed by atoms with Gasteiger partial charge in [-0.2, -0.15) is 0 Å². The van der Waals surface area contributed by atoms with Crippen LogP contribution in [-0.2, 0) is 13.1 Å². The molecule has 19 heavy (non-hydrogen) atoms. The van der Waals surface area contributed by atoms with E-state index in [0.29, 0.717) is 0 Å². The van der Waals surface area contributed by atoms with E-state index in [0.717, 1.165) is 37.7 Å². The van der Waals surface area contributed by atoms with Gasteiger partial charge >= 0.3 is 0 Å². The van der Waals surface area contributed by atoms with Crippen molar-refractivity contribution in [2.24, 2.45) is 0 Å². The maximum atomic E-state index is 5.25. The van der Waals surface area contributed by atoms with E-state index >= 15 is 0 Å². The smallest absolute Gasteiger partial charge is 0.117 e. The molecule has 4 heteroatoms. The summed E-state index contributed by atoms with van der Waals surface area (Å²) in [4.78, 5) is 0. The van der Waals surface area contributed by atoms with Crippen LogP contribution in [0.3, 0.4) is 0 Å². The Hall–Kier alpha value is -1.52. The van der Waals surface area contributed by atoms with Crippen molar-refractivity contribution in [1.82, 2.24) is 10.6 Å². The molecule has 0 saturated heterocycles. The first-order chi connectivity index (χ1) is 9.45. The molecule has 0 aliphatic heterocycles. The maximum Gasteiger partial charge on any atom is 0.117 e. The van der Waals surface area contributed by atoms with Gasteiger partial charge in [-0.25, -0.2) is 0 Å². The Labute approximate surface area is 114 Å². The molecular weight excluding hydrogens is 240 g/mol. The Bertz CT molecular complexity index is 369. The summed E-state index contributed by atoms with van der Waals surface area (Å²) in [5.41, 5.74) is 0. The van der Waals surface area contributed by atoms with Crippen LogP contribution in [0.2, 0.25) is 0 Å². The van der Waals surface area contributed by atoms with E-state index in [1.54, 1.807) is 12.5 Å². The van der Waals surface area contributed by atoms with Crippen LogP contribution in [0.1, 0.15) is 30.8 Å². The van der Waals surface area contributed by atoms with Crippen molar-refractivity contribution in [1.29, 1.82) is 0 Å². The Morgan fingerprint density at radius 1 is 0.737 bits per heavy atom. The first-order valence-corrected chi connectivity index (χ1v) is 6.91. The van der Waals surface area contributed by atoms with E-state index in [1.165, 1.54) is 19.3 Å². The largest absolute Gasteiger partial charge is 0.468 e. The molecule has 2 aromatic heterocycles. The van der Waals surface area contributed by atoms with Gasteiger partial charge < -0.3 is 19.5 Å². The van der Waals surface area contributed by atoms with Crippen LogP contribution in [-0.4, -0.2) is 13.1 Å².